The molecule has 6 nitrogen and oxygen atoms in total. The third kappa shape index (κ3) is 2.49. The van der Waals surface area contributed by atoms with E-state index in [0.29, 0.717) is 17.3 Å². The van der Waals surface area contributed by atoms with E-state index in [1.54, 1.807) is 31.6 Å². The van der Waals surface area contributed by atoms with Crippen LogP contribution < -0.4 is 9.47 Å². The Labute approximate surface area is 121 Å². The second-order valence-electron chi connectivity index (χ2n) is 4.29. The second kappa shape index (κ2) is 5.51. The Morgan fingerprint density at radius 2 is 2.24 bits per heavy atom. The van der Waals surface area contributed by atoms with Gasteiger partial charge in [0.15, 0.2) is 6.61 Å². The van der Waals surface area contributed by atoms with Gasteiger partial charge in [-0.2, -0.15) is 5.26 Å². The number of hydrogen-bond acceptors (Lipinski definition) is 5. The van der Waals surface area contributed by atoms with E-state index in [9.17, 15) is 0 Å². The van der Waals surface area contributed by atoms with E-state index < -0.39 is 0 Å². The Morgan fingerprint density at radius 1 is 1.33 bits per heavy atom. The van der Waals surface area contributed by atoms with E-state index in [1.807, 2.05) is 18.2 Å². The maximum atomic E-state index is 8.54. The van der Waals surface area contributed by atoms with E-state index in [2.05, 4.69) is 15.0 Å². The molecule has 0 atom stereocenters. The molecule has 0 spiro atoms. The van der Waals surface area contributed by atoms with Crippen LogP contribution in [0.4, 0.5) is 0 Å². The molecule has 104 valence electrons. The highest BCUT2D eigenvalue weighted by Gasteiger charge is 2.12. The number of aromatic nitrogens is 3. The molecule has 1 N–H and O–H groups in total. The van der Waals surface area contributed by atoms with Crippen LogP contribution in [0, 0.1) is 11.3 Å². The standard InChI is InChI=1S/C15H12N4O2/c1-20-14-8-10(21-7-5-16)2-3-11(14)15-18-12-4-6-17-9-13(12)19-15/h2-4,6,8-9H,7H2,1H3,(H,18,19). The van der Waals surface area contributed by atoms with Crippen LogP contribution in [0.3, 0.4) is 0 Å². The highest BCUT2D eigenvalue weighted by molar-refractivity contribution is 5.80. The Bertz CT molecular complexity index is 787. The highest BCUT2D eigenvalue weighted by Crippen LogP contribution is 2.32. The van der Waals surface area contributed by atoms with Crippen molar-refractivity contribution in [2.24, 2.45) is 0 Å². The van der Waals surface area contributed by atoms with Gasteiger partial charge in [-0.15, -0.1) is 0 Å². The molecule has 0 unspecified atom stereocenters. The summed E-state index contributed by atoms with van der Waals surface area (Å²) in [5.74, 6) is 1.90. The van der Waals surface area contributed by atoms with E-state index in [-0.39, 0.29) is 6.61 Å². The first-order valence-electron chi connectivity index (χ1n) is 6.29. The van der Waals surface area contributed by atoms with Gasteiger partial charge >= 0.3 is 0 Å². The largest absolute Gasteiger partial charge is 0.496 e. The second-order valence-corrected chi connectivity index (χ2v) is 4.29. The molecule has 0 fully saturated rings. The van der Waals surface area contributed by atoms with E-state index >= 15 is 0 Å². The van der Waals surface area contributed by atoms with Crippen molar-refractivity contribution in [3.05, 3.63) is 36.7 Å². The van der Waals surface area contributed by atoms with E-state index in [0.717, 1.165) is 16.6 Å². The average molecular weight is 280 g/mol. The molecule has 0 saturated heterocycles. The molecule has 0 radical (unpaired) electrons. The van der Waals surface area contributed by atoms with Crippen molar-refractivity contribution in [1.29, 1.82) is 5.26 Å². The molecule has 0 aliphatic rings. The van der Waals surface area contributed by atoms with Gasteiger partial charge in [0.25, 0.3) is 0 Å². The average Bonchev–Trinajstić information content (AvgIpc) is 2.96. The van der Waals surface area contributed by atoms with Gasteiger partial charge in [0.05, 0.1) is 29.9 Å². The maximum Gasteiger partial charge on any atom is 0.174 e. The molecule has 0 aliphatic heterocycles. The zero-order valence-corrected chi connectivity index (χ0v) is 11.3. The van der Waals surface area contributed by atoms with Crippen molar-refractivity contribution in [2.45, 2.75) is 0 Å². The van der Waals surface area contributed by atoms with Crippen LogP contribution in [0.25, 0.3) is 22.4 Å². The van der Waals surface area contributed by atoms with Crippen LogP contribution in [0.15, 0.2) is 36.7 Å². The summed E-state index contributed by atoms with van der Waals surface area (Å²) < 4.78 is 10.6. The lowest BCUT2D eigenvalue weighted by molar-refractivity contribution is 0.361. The summed E-state index contributed by atoms with van der Waals surface area (Å²) in [5.41, 5.74) is 2.52. The number of benzene rings is 1. The Morgan fingerprint density at radius 3 is 3.00 bits per heavy atom. The smallest absolute Gasteiger partial charge is 0.174 e. The molecule has 21 heavy (non-hydrogen) atoms. The summed E-state index contributed by atoms with van der Waals surface area (Å²) in [7, 11) is 1.58. The number of nitrogens with one attached hydrogen (secondary N) is 1. The molecule has 0 saturated carbocycles. The van der Waals surface area contributed by atoms with E-state index in [4.69, 9.17) is 14.7 Å². The summed E-state index contributed by atoms with van der Waals surface area (Å²) >= 11 is 0. The molecule has 0 amide bonds. The minimum Gasteiger partial charge on any atom is -0.496 e. The van der Waals surface area contributed by atoms with Gasteiger partial charge in [-0.3, -0.25) is 4.98 Å². The quantitative estimate of drug-likeness (QED) is 0.794. The summed E-state index contributed by atoms with van der Waals surface area (Å²) in [4.78, 5) is 11.8. The molecule has 3 aromatic rings. The number of imidazole rings is 1. The third-order valence-corrected chi connectivity index (χ3v) is 3.01. The SMILES string of the molecule is COc1cc(OCC#N)ccc1-c1nc2ccncc2[nH]1. The number of H-pyrrole nitrogens is 1. The topological polar surface area (TPSA) is 83.8 Å². The molecule has 2 aromatic heterocycles. The van der Waals surface area contributed by atoms with Crippen LogP contribution in [0.2, 0.25) is 0 Å². The molecule has 0 bridgehead atoms. The fourth-order valence-corrected chi connectivity index (χ4v) is 2.06. The Balaban J connectivity index is 2.03. The molecule has 0 aliphatic carbocycles. The van der Waals surface area contributed by atoms with Gasteiger partial charge in [-0.05, 0) is 18.2 Å². The first-order chi connectivity index (χ1) is 10.3. The van der Waals surface area contributed by atoms with Gasteiger partial charge < -0.3 is 14.5 Å². The van der Waals surface area contributed by atoms with Crippen LogP contribution in [0.5, 0.6) is 11.5 Å². The van der Waals surface area contributed by atoms with Crippen LogP contribution >= 0.6 is 0 Å². The minimum atomic E-state index is -0.00118. The number of pyridine rings is 1. The zero-order valence-electron chi connectivity index (χ0n) is 11.3. The Kier molecular flexibility index (Phi) is 3.39. The number of aromatic amines is 1. The molecule has 6 heteroatoms. The van der Waals surface area contributed by atoms with Gasteiger partial charge in [-0.1, -0.05) is 0 Å². The number of fused-ring (bicyclic) bond motifs is 1. The summed E-state index contributed by atoms with van der Waals surface area (Å²) in [5, 5.41) is 8.54. The normalized spacial score (nSPS) is 10.3. The predicted octanol–water partition coefficient (Wildman–Crippen LogP) is 2.54. The number of ether oxygens (including phenoxy) is 2. The lowest BCUT2D eigenvalue weighted by Gasteiger charge is -2.08. The van der Waals surface area contributed by atoms with Crippen LogP contribution in [0.1, 0.15) is 0 Å². The fraction of sp³-hybridized carbons (Fsp3) is 0.133. The van der Waals surface area contributed by atoms with Crippen LogP contribution in [-0.2, 0) is 0 Å². The van der Waals surface area contributed by atoms with Gasteiger partial charge in [0.1, 0.15) is 23.4 Å². The predicted molar refractivity (Wildman–Crippen MR) is 77.0 cm³/mol. The first kappa shape index (κ1) is 12.9. The van der Waals surface area contributed by atoms with Crippen LogP contribution in [-0.4, -0.2) is 28.7 Å². The van der Waals surface area contributed by atoms with E-state index in [1.165, 1.54) is 0 Å². The van der Waals surface area contributed by atoms with Crippen molar-refractivity contribution in [3.63, 3.8) is 0 Å². The number of methoxy groups -OCH3 is 1. The van der Waals surface area contributed by atoms with Crippen molar-refractivity contribution >= 4 is 11.0 Å². The first-order valence-corrected chi connectivity index (χ1v) is 6.29. The summed E-state index contributed by atoms with van der Waals surface area (Å²) in [6.07, 6.45) is 3.42. The van der Waals surface area contributed by atoms with Crippen molar-refractivity contribution < 1.29 is 9.47 Å². The number of hydrogen-bond donors (Lipinski definition) is 1. The highest BCUT2D eigenvalue weighted by atomic mass is 16.5. The number of nitrogens with zero attached hydrogens (tertiary/aromatic N) is 3. The lowest BCUT2D eigenvalue weighted by Crippen LogP contribution is -1.95. The Hall–Kier alpha value is -3.07. The van der Waals surface area contributed by atoms with Gasteiger partial charge in [-0.25, -0.2) is 4.98 Å². The molecule has 2 heterocycles. The monoisotopic (exact) mass is 280 g/mol. The third-order valence-electron chi connectivity index (χ3n) is 3.01. The molecular weight excluding hydrogens is 268 g/mol. The maximum absolute atomic E-state index is 8.54. The molecule has 1 aromatic carbocycles. The summed E-state index contributed by atoms with van der Waals surface area (Å²) in [6.45, 7) is -0.00118. The molecule has 3 rings (SSSR count). The fourth-order valence-electron chi connectivity index (χ4n) is 2.06. The minimum absolute atomic E-state index is 0.00118. The van der Waals surface area contributed by atoms with Crippen molar-refractivity contribution in [1.82, 2.24) is 15.0 Å². The zero-order chi connectivity index (χ0) is 14.7. The van der Waals surface area contributed by atoms with Crippen molar-refractivity contribution in [3.8, 4) is 29.0 Å². The molecular formula is C15H12N4O2. The summed E-state index contributed by atoms with van der Waals surface area (Å²) in [6, 6.07) is 9.13. The van der Waals surface area contributed by atoms with Gasteiger partial charge in [0.2, 0.25) is 0 Å². The van der Waals surface area contributed by atoms with Crippen molar-refractivity contribution in [2.75, 3.05) is 13.7 Å². The number of rotatable bonds is 4. The van der Waals surface area contributed by atoms with Gasteiger partial charge in [0, 0.05) is 12.3 Å². The number of nitriles is 1. The lowest BCUT2D eigenvalue weighted by atomic mass is 10.2.